The number of benzene rings is 3. The zero-order valence-corrected chi connectivity index (χ0v) is 11.8. The van der Waals surface area contributed by atoms with Gasteiger partial charge in [0.05, 0.1) is 0 Å². The van der Waals surface area contributed by atoms with Crippen LogP contribution in [0, 0.1) is 6.07 Å². The van der Waals surface area contributed by atoms with Crippen molar-refractivity contribution in [2.75, 3.05) is 0 Å². The van der Waals surface area contributed by atoms with Gasteiger partial charge in [-0.3, -0.25) is 9.59 Å². The SMILES string of the molecule is O=C(c1ccccc1)c1[c]cccc1C(=O)c1ccccc1. The summed E-state index contributed by atoms with van der Waals surface area (Å²) < 4.78 is 0. The van der Waals surface area contributed by atoms with Gasteiger partial charge in [0.25, 0.3) is 0 Å². The number of carbonyl (C=O) groups is 2. The van der Waals surface area contributed by atoms with E-state index in [1.54, 1.807) is 66.7 Å². The molecule has 0 aromatic heterocycles. The van der Waals surface area contributed by atoms with Gasteiger partial charge >= 0.3 is 0 Å². The summed E-state index contributed by atoms with van der Waals surface area (Å²) in [5.74, 6) is -0.364. The van der Waals surface area contributed by atoms with E-state index in [4.69, 9.17) is 0 Å². The number of ketones is 2. The Bertz CT molecular complexity index is 735. The number of hydrogen-bond donors (Lipinski definition) is 0. The van der Waals surface area contributed by atoms with Gasteiger partial charge in [0.1, 0.15) is 0 Å². The highest BCUT2D eigenvalue weighted by Crippen LogP contribution is 2.18. The molecule has 2 heteroatoms. The second-order valence-electron chi connectivity index (χ2n) is 4.85. The van der Waals surface area contributed by atoms with Crippen molar-refractivity contribution in [2.24, 2.45) is 0 Å². The molecule has 0 amide bonds. The highest BCUT2D eigenvalue weighted by Gasteiger charge is 2.18. The minimum Gasteiger partial charge on any atom is -0.289 e. The largest absolute Gasteiger partial charge is 0.289 e. The normalized spacial score (nSPS) is 10.2. The van der Waals surface area contributed by atoms with Crippen LogP contribution in [0.15, 0.2) is 78.9 Å². The van der Waals surface area contributed by atoms with Crippen LogP contribution in [0.1, 0.15) is 31.8 Å². The van der Waals surface area contributed by atoms with Crippen molar-refractivity contribution >= 4 is 11.6 Å². The molecule has 2 nitrogen and oxygen atoms in total. The van der Waals surface area contributed by atoms with Crippen molar-refractivity contribution in [1.29, 1.82) is 0 Å². The van der Waals surface area contributed by atoms with Crippen molar-refractivity contribution in [3.8, 4) is 0 Å². The Morgan fingerprint density at radius 3 is 1.77 bits per heavy atom. The van der Waals surface area contributed by atoms with Gasteiger partial charge in [0.15, 0.2) is 11.6 Å². The zero-order valence-electron chi connectivity index (χ0n) is 11.8. The lowest BCUT2D eigenvalue weighted by molar-refractivity contribution is 0.100. The van der Waals surface area contributed by atoms with Gasteiger partial charge in [0.2, 0.25) is 0 Å². The minimum absolute atomic E-state index is 0.170. The van der Waals surface area contributed by atoms with Crippen LogP contribution in [0.4, 0.5) is 0 Å². The zero-order chi connectivity index (χ0) is 15.4. The van der Waals surface area contributed by atoms with Crippen molar-refractivity contribution in [1.82, 2.24) is 0 Å². The monoisotopic (exact) mass is 285 g/mol. The van der Waals surface area contributed by atoms with Gasteiger partial charge < -0.3 is 0 Å². The third-order valence-electron chi connectivity index (χ3n) is 3.40. The van der Waals surface area contributed by atoms with E-state index in [1.165, 1.54) is 0 Å². The third kappa shape index (κ3) is 2.72. The molecule has 3 rings (SSSR count). The Hall–Kier alpha value is -3.00. The van der Waals surface area contributed by atoms with Crippen LogP contribution < -0.4 is 0 Å². The number of rotatable bonds is 4. The second kappa shape index (κ2) is 6.19. The maximum Gasteiger partial charge on any atom is 0.194 e. The maximum atomic E-state index is 12.6. The average molecular weight is 285 g/mol. The lowest BCUT2D eigenvalue weighted by atomic mass is 9.93. The molecule has 0 spiro atoms. The van der Waals surface area contributed by atoms with Crippen molar-refractivity contribution < 1.29 is 9.59 Å². The first-order valence-electron chi connectivity index (χ1n) is 6.97. The minimum atomic E-state index is -0.194. The molecular formula is C20H13O2. The molecule has 0 bridgehead atoms. The fourth-order valence-corrected chi connectivity index (χ4v) is 2.29. The van der Waals surface area contributed by atoms with E-state index < -0.39 is 0 Å². The molecule has 0 saturated heterocycles. The first-order chi connectivity index (χ1) is 10.8. The predicted molar refractivity (Wildman–Crippen MR) is 85.0 cm³/mol. The summed E-state index contributed by atoms with van der Waals surface area (Å²) in [6.07, 6.45) is 0. The van der Waals surface area contributed by atoms with Gasteiger partial charge in [-0.15, -0.1) is 0 Å². The third-order valence-corrected chi connectivity index (χ3v) is 3.40. The Labute approximate surface area is 129 Å². The van der Waals surface area contributed by atoms with Gasteiger partial charge in [-0.25, -0.2) is 0 Å². The summed E-state index contributed by atoms with van der Waals surface area (Å²) in [4.78, 5) is 25.3. The number of carbonyl (C=O) groups excluding carboxylic acids is 2. The Kier molecular flexibility index (Phi) is 3.92. The summed E-state index contributed by atoms with van der Waals surface area (Å²) in [6.45, 7) is 0. The fourth-order valence-electron chi connectivity index (χ4n) is 2.29. The first kappa shape index (κ1) is 14.0. The first-order valence-corrected chi connectivity index (χ1v) is 6.97. The summed E-state index contributed by atoms with van der Waals surface area (Å²) in [5.41, 5.74) is 1.79. The van der Waals surface area contributed by atoms with E-state index in [-0.39, 0.29) is 11.6 Å². The van der Waals surface area contributed by atoms with Crippen LogP contribution in [-0.2, 0) is 0 Å². The molecule has 0 N–H and O–H groups in total. The van der Waals surface area contributed by atoms with Crippen LogP contribution >= 0.6 is 0 Å². The topological polar surface area (TPSA) is 34.1 Å². The molecule has 3 aromatic rings. The lowest BCUT2D eigenvalue weighted by Gasteiger charge is -2.07. The van der Waals surface area contributed by atoms with Gasteiger partial charge in [-0.05, 0) is 6.07 Å². The maximum absolute atomic E-state index is 12.6. The fraction of sp³-hybridized carbons (Fsp3) is 0. The van der Waals surface area contributed by atoms with Crippen molar-refractivity contribution in [2.45, 2.75) is 0 Å². The van der Waals surface area contributed by atoms with E-state index >= 15 is 0 Å². The van der Waals surface area contributed by atoms with Crippen LogP contribution in [-0.4, -0.2) is 11.6 Å². The molecule has 22 heavy (non-hydrogen) atoms. The molecule has 0 atom stereocenters. The van der Waals surface area contributed by atoms with Crippen molar-refractivity contribution in [3.05, 3.63) is 107 Å². The summed E-state index contributed by atoms with van der Waals surface area (Å²) in [6, 6.07) is 25.8. The van der Waals surface area contributed by atoms with Crippen LogP contribution in [0.2, 0.25) is 0 Å². The Balaban J connectivity index is 2.04. The quantitative estimate of drug-likeness (QED) is 0.680. The smallest absolute Gasteiger partial charge is 0.194 e. The van der Waals surface area contributed by atoms with E-state index in [9.17, 15) is 9.59 Å². The molecule has 0 heterocycles. The molecular weight excluding hydrogens is 272 g/mol. The lowest BCUT2D eigenvalue weighted by Crippen LogP contribution is -2.11. The van der Waals surface area contributed by atoms with Gasteiger partial charge in [-0.2, -0.15) is 0 Å². The molecule has 0 aliphatic rings. The molecule has 1 radical (unpaired) electrons. The van der Waals surface area contributed by atoms with Gasteiger partial charge in [-0.1, -0.05) is 78.9 Å². The van der Waals surface area contributed by atoms with E-state index in [0.29, 0.717) is 22.3 Å². The molecule has 0 unspecified atom stereocenters. The van der Waals surface area contributed by atoms with E-state index in [0.717, 1.165) is 0 Å². The summed E-state index contributed by atoms with van der Waals surface area (Å²) in [5, 5.41) is 0. The summed E-state index contributed by atoms with van der Waals surface area (Å²) >= 11 is 0. The predicted octanol–water partition coefficient (Wildman–Crippen LogP) is 3.95. The Morgan fingerprint density at radius 2 is 1.18 bits per heavy atom. The highest BCUT2D eigenvalue weighted by molar-refractivity contribution is 6.19. The highest BCUT2D eigenvalue weighted by atomic mass is 16.1. The standard InChI is InChI=1S/C20H13O2/c21-19(15-9-3-1-4-10-15)17-13-7-8-14-18(17)20(22)16-11-5-2-6-12-16/h1-13H. The van der Waals surface area contributed by atoms with Crippen LogP contribution in [0.25, 0.3) is 0 Å². The Morgan fingerprint density at radius 1 is 0.636 bits per heavy atom. The van der Waals surface area contributed by atoms with Gasteiger partial charge in [0, 0.05) is 22.3 Å². The van der Waals surface area contributed by atoms with E-state index in [2.05, 4.69) is 6.07 Å². The van der Waals surface area contributed by atoms with E-state index in [1.807, 2.05) is 12.1 Å². The molecule has 0 fully saturated rings. The number of hydrogen-bond acceptors (Lipinski definition) is 2. The second-order valence-corrected chi connectivity index (χ2v) is 4.85. The van der Waals surface area contributed by atoms with Crippen molar-refractivity contribution in [3.63, 3.8) is 0 Å². The molecule has 0 saturated carbocycles. The molecule has 105 valence electrons. The molecule has 0 aliphatic carbocycles. The molecule has 3 aromatic carbocycles. The average Bonchev–Trinajstić information content (AvgIpc) is 2.62. The van der Waals surface area contributed by atoms with Crippen LogP contribution in [0.3, 0.4) is 0 Å². The van der Waals surface area contributed by atoms with Crippen LogP contribution in [0.5, 0.6) is 0 Å². The summed E-state index contributed by atoms with van der Waals surface area (Å²) in [7, 11) is 0. The molecule has 0 aliphatic heterocycles.